The lowest BCUT2D eigenvalue weighted by atomic mass is 9.84. The molecule has 0 saturated heterocycles. The van der Waals surface area contributed by atoms with E-state index in [1.54, 1.807) is 7.11 Å². The van der Waals surface area contributed by atoms with E-state index in [0.29, 0.717) is 25.4 Å². The van der Waals surface area contributed by atoms with Crippen LogP contribution in [-0.4, -0.2) is 32.0 Å². The van der Waals surface area contributed by atoms with Crippen LogP contribution in [0, 0.1) is 11.8 Å². The Hall–Kier alpha value is -2.04. The number of para-hydroxylation sites is 1. The Morgan fingerprint density at radius 1 is 1.25 bits per heavy atom. The van der Waals surface area contributed by atoms with Crippen molar-refractivity contribution < 1.29 is 14.3 Å². The third kappa shape index (κ3) is 4.73. The van der Waals surface area contributed by atoms with Crippen molar-refractivity contribution in [3.63, 3.8) is 0 Å². The Morgan fingerprint density at radius 3 is 2.54 bits per heavy atom. The fraction of sp³-hybridized carbons (Fsp3) is 0.579. The van der Waals surface area contributed by atoms with Gasteiger partial charge in [0.25, 0.3) is 0 Å². The molecule has 1 aromatic rings. The molecule has 0 bridgehead atoms. The van der Waals surface area contributed by atoms with Gasteiger partial charge >= 0.3 is 0 Å². The monoisotopic (exact) mass is 332 g/mol. The third-order valence-corrected chi connectivity index (χ3v) is 4.66. The maximum Gasteiger partial charge on any atom is 0.223 e. The SMILES string of the molecule is COc1ccccc1C(C)(C)CNC(=O)CCNC(=O)[C@H]1C[C@H]1C. The first kappa shape index (κ1) is 18.3. The van der Waals surface area contributed by atoms with Crippen molar-refractivity contribution in [2.75, 3.05) is 20.2 Å². The van der Waals surface area contributed by atoms with Crippen LogP contribution in [0.3, 0.4) is 0 Å². The molecule has 5 heteroatoms. The highest BCUT2D eigenvalue weighted by Gasteiger charge is 2.38. The molecule has 2 N–H and O–H groups in total. The van der Waals surface area contributed by atoms with Gasteiger partial charge in [-0.25, -0.2) is 0 Å². The molecule has 24 heavy (non-hydrogen) atoms. The van der Waals surface area contributed by atoms with Gasteiger partial charge in [-0.1, -0.05) is 39.0 Å². The van der Waals surface area contributed by atoms with Crippen molar-refractivity contribution in [3.05, 3.63) is 29.8 Å². The van der Waals surface area contributed by atoms with Crippen LogP contribution in [0.15, 0.2) is 24.3 Å². The number of amides is 2. The minimum atomic E-state index is -0.241. The van der Waals surface area contributed by atoms with Crippen LogP contribution in [0.4, 0.5) is 0 Å². The lowest BCUT2D eigenvalue weighted by Gasteiger charge is -2.27. The van der Waals surface area contributed by atoms with E-state index in [2.05, 4.69) is 31.4 Å². The maximum atomic E-state index is 12.0. The van der Waals surface area contributed by atoms with E-state index >= 15 is 0 Å². The van der Waals surface area contributed by atoms with Crippen molar-refractivity contribution in [2.45, 2.75) is 39.0 Å². The predicted molar refractivity (Wildman–Crippen MR) is 93.9 cm³/mol. The second-order valence-electron chi connectivity index (χ2n) is 7.22. The van der Waals surface area contributed by atoms with Gasteiger partial charge in [0.05, 0.1) is 7.11 Å². The van der Waals surface area contributed by atoms with Crippen LogP contribution < -0.4 is 15.4 Å². The average molecular weight is 332 g/mol. The zero-order chi connectivity index (χ0) is 17.7. The summed E-state index contributed by atoms with van der Waals surface area (Å²) in [6.07, 6.45) is 1.26. The summed E-state index contributed by atoms with van der Waals surface area (Å²) in [6, 6.07) is 7.84. The molecule has 0 aromatic heterocycles. The topological polar surface area (TPSA) is 67.4 Å². The number of benzene rings is 1. The molecule has 1 fully saturated rings. The molecule has 2 atom stereocenters. The highest BCUT2D eigenvalue weighted by atomic mass is 16.5. The minimum Gasteiger partial charge on any atom is -0.496 e. The lowest BCUT2D eigenvalue weighted by Crippen LogP contribution is -2.38. The molecule has 1 aliphatic rings. The van der Waals surface area contributed by atoms with Gasteiger partial charge in [-0.15, -0.1) is 0 Å². The normalized spacial score (nSPS) is 19.5. The molecule has 1 saturated carbocycles. The fourth-order valence-corrected chi connectivity index (χ4v) is 2.82. The largest absolute Gasteiger partial charge is 0.496 e. The second kappa shape index (κ2) is 7.69. The van der Waals surface area contributed by atoms with E-state index < -0.39 is 0 Å². The van der Waals surface area contributed by atoms with Crippen LogP contribution in [-0.2, 0) is 15.0 Å². The summed E-state index contributed by atoms with van der Waals surface area (Å²) in [5.74, 6) is 1.48. The second-order valence-corrected chi connectivity index (χ2v) is 7.22. The Morgan fingerprint density at radius 2 is 1.92 bits per heavy atom. The molecule has 1 aromatic carbocycles. The van der Waals surface area contributed by atoms with E-state index in [0.717, 1.165) is 17.7 Å². The van der Waals surface area contributed by atoms with Gasteiger partial charge in [-0.2, -0.15) is 0 Å². The van der Waals surface area contributed by atoms with Crippen LogP contribution in [0.1, 0.15) is 39.2 Å². The number of ether oxygens (including phenoxy) is 1. The summed E-state index contributed by atoms with van der Waals surface area (Å²) in [5, 5.41) is 5.79. The van der Waals surface area contributed by atoms with Gasteiger partial charge in [-0.3, -0.25) is 9.59 Å². The van der Waals surface area contributed by atoms with E-state index in [1.807, 2.05) is 24.3 Å². The predicted octanol–water partition coefficient (Wildman–Crippen LogP) is 2.25. The van der Waals surface area contributed by atoms with Gasteiger partial charge < -0.3 is 15.4 Å². The molecule has 0 spiro atoms. The van der Waals surface area contributed by atoms with E-state index in [-0.39, 0.29) is 23.1 Å². The Bertz CT molecular complexity index is 598. The zero-order valence-corrected chi connectivity index (χ0v) is 15.0. The Balaban J connectivity index is 1.76. The summed E-state index contributed by atoms with van der Waals surface area (Å²) < 4.78 is 5.41. The molecule has 0 unspecified atom stereocenters. The summed E-state index contributed by atoms with van der Waals surface area (Å²) in [5.41, 5.74) is 0.818. The molecule has 0 aliphatic heterocycles. The van der Waals surface area contributed by atoms with Gasteiger partial charge in [-0.05, 0) is 18.4 Å². The summed E-state index contributed by atoms with van der Waals surface area (Å²) in [7, 11) is 1.65. The lowest BCUT2D eigenvalue weighted by molar-refractivity contribution is -0.123. The number of carbonyl (C=O) groups is 2. The van der Waals surface area contributed by atoms with Crippen LogP contribution >= 0.6 is 0 Å². The average Bonchev–Trinajstić information content (AvgIpc) is 3.30. The standard InChI is InChI=1S/C19H28N2O3/c1-13-11-14(13)18(23)20-10-9-17(22)21-12-19(2,3)15-7-5-6-8-16(15)24-4/h5-8,13-14H,9-12H2,1-4H3,(H,20,23)(H,21,22)/t13-,14+/m1/s1. The Labute approximate surface area is 144 Å². The summed E-state index contributed by atoms with van der Waals surface area (Å²) in [6.45, 7) is 7.11. The number of carbonyl (C=O) groups excluding carboxylic acids is 2. The van der Waals surface area contributed by atoms with Crippen molar-refractivity contribution >= 4 is 11.8 Å². The number of nitrogens with one attached hydrogen (secondary N) is 2. The molecule has 2 amide bonds. The smallest absolute Gasteiger partial charge is 0.223 e. The van der Waals surface area contributed by atoms with E-state index in [1.165, 1.54) is 0 Å². The number of hydrogen-bond donors (Lipinski definition) is 2. The van der Waals surface area contributed by atoms with Gasteiger partial charge in [0.15, 0.2) is 0 Å². The van der Waals surface area contributed by atoms with Crippen molar-refractivity contribution in [3.8, 4) is 5.75 Å². The number of rotatable bonds is 8. The highest BCUT2D eigenvalue weighted by Crippen LogP contribution is 2.37. The Kier molecular flexibility index (Phi) is 5.86. The van der Waals surface area contributed by atoms with Crippen molar-refractivity contribution in [1.29, 1.82) is 0 Å². The maximum absolute atomic E-state index is 12.0. The van der Waals surface area contributed by atoms with E-state index in [9.17, 15) is 9.59 Å². The molecule has 132 valence electrons. The van der Waals surface area contributed by atoms with Crippen molar-refractivity contribution in [1.82, 2.24) is 10.6 Å². The molecule has 0 heterocycles. The fourth-order valence-electron chi connectivity index (χ4n) is 2.82. The molecule has 2 rings (SSSR count). The molecular weight excluding hydrogens is 304 g/mol. The number of methoxy groups -OCH3 is 1. The summed E-state index contributed by atoms with van der Waals surface area (Å²) >= 11 is 0. The molecular formula is C19H28N2O3. The van der Waals surface area contributed by atoms with Gasteiger partial charge in [0.1, 0.15) is 5.75 Å². The van der Waals surface area contributed by atoms with Crippen LogP contribution in [0.5, 0.6) is 5.75 Å². The quantitative estimate of drug-likeness (QED) is 0.767. The van der Waals surface area contributed by atoms with Crippen LogP contribution in [0.2, 0.25) is 0 Å². The highest BCUT2D eigenvalue weighted by molar-refractivity contribution is 5.82. The first-order valence-electron chi connectivity index (χ1n) is 8.53. The summed E-state index contributed by atoms with van der Waals surface area (Å²) in [4.78, 5) is 23.7. The first-order chi connectivity index (χ1) is 11.3. The van der Waals surface area contributed by atoms with E-state index in [4.69, 9.17) is 4.74 Å². The molecule has 0 radical (unpaired) electrons. The van der Waals surface area contributed by atoms with Gasteiger partial charge in [0.2, 0.25) is 11.8 Å². The minimum absolute atomic E-state index is 0.0536. The van der Waals surface area contributed by atoms with Crippen LogP contribution in [0.25, 0.3) is 0 Å². The third-order valence-electron chi connectivity index (χ3n) is 4.66. The van der Waals surface area contributed by atoms with Gasteiger partial charge in [0, 0.05) is 36.4 Å². The zero-order valence-electron chi connectivity index (χ0n) is 15.0. The molecule has 1 aliphatic carbocycles. The van der Waals surface area contributed by atoms with Crippen molar-refractivity contribution in [2.24, 2.45) is 11.8 Å². The number of hydrogen-bond acceptors (Lipinski definition) is 3. The molecule has 5 nitrogen and oxygen atoms in total. The first-order valence-corrected chi connectivity index (χ1v) is 8.53.